The Hall–Kier alpha value is -1.50. The highest BCUT2D eigenvalue weighted by Crippen LogP contribution is 2.21. The van der Waals surface area contributed by atoms with Gasteiger partial charge in [-0.2, -0.15) is 0 Å². The van der Waals surface area contributed by atoms with Crippen molar-refractivity contribution >= 4 is 16.5 Å². The van der Waals surface area contributed by atoms with Crippen LogP contribution in [0.3, 0.4) is 0 Å². The maximum Gasteiger partial charge on any atom is 0.0343 e. The fraction of sp³-hybridized carbons (Fsp3) is 0.412. The fourth-order valence-corrected chi connectivity index (χ4v) is 2.36. The summed E-state index contributed by atoms with van der Waals surface area (Å²) in [6.45, 7) is 2.26. The quantitative estimate of drug-likeness (QED) is 0.701. The number of unbranched alkanes of at least 4 members (excludes halogenated alkanes) is 3. The first kappa shape index (κ1) is 12.9. The molecule has 2 aromatic rings. The minimum absolute atomic E-state index is 1.19. The van der Waals surface area contributed by atoms with Crippen LogP contribution in [0.5, 0.6) is 0 Å². The van der Waals surface area contributed by atoms with E-state index in [-0.39, 0.29) is 0 Å². The summed E-state index contributed by atoms with van der Waals surface area (Å²) in [7, 11) is 1.97. The first-order chi connectivity index (χ1) is 8.83. The highest BCUT2D eigenvalue weighted by molar-refractivity contribution is 5.86. The molecule has 0 fully saturated rings. The molecule has 18 heavy (non-hydrogen) atoms. The number of nitrogens with one attached hydrogen (secondary N) is 1. The van der Waals surface area contributed by atoms with Crippen LogP contribution in [0.2, 0.25) is 0 Å². The summed E-state index contributed by atoms with van der Waals surface area (Å²) in [6, 6.07) is 13.4. The maximum atomic E-state index is 3.20. The van der Waals surface area contributed by atoms with E-state index in [0.717, 1.165) is 0 Å². The molecule has 0 amide bonds. The van der Waals surface area contributed by atoms with E-state index in [1.807, 2.05) is 7.05 Å². The average molecular weight is 241 g/mol. The van der Waals surface area contributed by atoms with E-state index in [1.54, 1.807) is 0 Å². The highest BCUT2D eigenvalue weighted by Gasteiger charge is 1.98. The predicted octanol–water partition coefficient (Wildman–Crippen LogP) is 5.00. The molecule has 1 N–H and O–H groups in total. The normalized spacial score (nSPS) is 10.8. The van der Waals surface area contributed by atoms with Gasteiger partial charge >= 0.3 is 0 Å². The molecule has 0 radical (unpaired) electrons. The molecule has 0 atom stereocenters. The second-order valence-corrected chi connectivity index (χ2v) is 4.96. The molecule has 0 heterocycles. The second kappa shape index (κ2) is 6.44. The zero-order chi connectivity index (χ0) is 12.8. The molecule has 0 aromatic heterocycles. The van der Waals surface area contributed by atoms with Crippen molar-refractivity contribution in [1.29, 1.82) is 0 Å². The molecule has 0 aliphatic carbocycles. The lowest BCUT2D eigenvalue weighted by Gasteiger charge is -2.06. The van der Waals surface area contributed by atoms with Crippen LogP contribution in [-0.2, 0) is 6.42 Å². The van der Waals surface area contributed by atoms with Crippen molar-refractivity contribution < 1.29 is 0 Å². The van der Waals surface area contributed by atoms with E-state index < -0.39 is 0 Å². The molecule has 2 aromatic carbocycles. The summed E-state index contributed by atoms with van der Waals surface area (Å²) in [6.07, 6.45) is 6.54. The Morgan fingerprint density at radius 3 is 2.50 bits per heavy atom. The van der Waals surface area contributed by atoms with Crippen molar-refractivity contribution in [2.75, 3.05) is 12.4 Å². The summed E-state index contributed by atoms with van der Waals surface area (Å²) < 4.78 is 0. The van der Waals surface area contributed by atoms with Crippen molar-refractivity contribution in [2.45, 2.75) is 39.0 Å². The maximum absolute atomic E-state index is 3.20. The zero-order valence-corrected chi connectivity index (χ0v) is 11.5. The Kier molecular flexibility index (Phi) is 4.63. The number of anilines is 1. The Balaban J connectivity index is 2.10. The van der Waals surface area contributed by atoms with Gasteiger partial charge in [0.15, 0.2) is 0 Å². The number of aryl methyl sites for hydroxylation is 1. The van der Waals surface area contributed by atoms with E-state index >= 15 is 0 Å². The van der Waals surface area contributed by atoms with Gasteiger partial charge < -0.3 is 5.32 Å². The van der Waals surface area contributed by atoms with Gasteiger partial charge in [0.1, 0.15) is 0 Å². The van der Waals surface area contributed by atoms with Gasteiger partial charge in [-0.25, -0.2) is 0 Å². The van der Waals surface area contributed by atoms with Crippen molar-refractivity contribution in [3.05, 3.63) is 42.0 Å². The van der Waals surface area contributed by atoms with Gasteiger partial charge in [-0.3, -0.25) is 0 Å². The Labute approximate surface area is 110 Å². The van der Waals surface area contributed by atoms with Crippen LogP contribution in [0.4, 0.5) is 5.69 Å². The molecule has 96 valence electrons. The fourth-order valence-electron chi connectivity index (χ4n) is 2.36. The van der Waals surface area contributed by atoms with Crippen LogP contribution in [0.25, 0.3) is 10.8 Å². The number of hydrogen-bond acceptors (Lipinski definition) is 1. The summed E-state index contributed by atoms with van der Waals surface area (Å²) in [5, 5.41) is 5.87. The molecule has 0 unspecified atom stereocenters. The largest absolute Gasteiger partial charge is 0.388 e. The standard InChI is InChI=1S/C17H23N/c1-3-4-5-6-7-14-8-9-15-10-11-17(18-2)13-16(15)12-14/h8-13,18H,3-7H2,1-2H3. The lowest BCUT2D eigenvalue weighted by atomic mass is 10.0. The smallest absolute Gasteiger partial charge is 0.0343 e. The molecule has 2 rings (SSSR count). The zero-order valence-electron chi connectivity index (χ0n) is 11.5. The molecule has 1 heteroatoms. The van der Waals surface area contributed by atoms with Crippen LogP contribution >= 0.6 is 0 Å². The topological polar surface area (TPSA) is 12.0 Å². The van der Waals surface area contributed by atoms with Gasteiger partial charge in [0.25, 0.3) is 0 Å². The van der Waals surface area contributed by atoms with Gasteiger partial charge in [0, 0.05) is 12.7 Å². The molecule has 0 aliphatic heterocycles. The average Bonchev–Trinajstić information content (AvgIpc) is 2.42. The summed E-state index contributed by atoms with van der Waals surface area (Å²) >= 11 is 0. The van der Waals surface area contributed by atoms with Gasteiger partial charge in [-0.1, -0.05) is 50.5 Å². The van der Waals surface area contributed by atoms with Crippen LogP contribution in [0.15, 0.2) is 36.4 Å². The van der Waals surface area contributed by atoms with Crippen LogP contribution in [-0.4, -0.2) is 7.05 Å². The van der Waals surface area contributed by atoms with E-state index in [2.05, 4.69) is 48.6 Å². The third kappa shape index (κ3) is 3.25. The first-order valence-electron chi connectivity index (χ1n) is 7.04. The number of rotatable bonds is 6. The monoisotopic (exact) mass is 241 g/mol. The van der Waals surface area contributed by atoms with Crippen molar-refractivity contribution in [3.63, 3.8) is 0 Å². The molecule has 0 aliphatic rings. The van der Waals surface area contributed by atoms with Gasteiger partial charge in [0.2, 0.25) is 0 Å². The third-order valence-corrected chi connectivity index (χ3v) is 3.51. The van der Waals surface area contributed by atoms with E-state index in [0.29, 0.717) is 0 Å². The molecule has 0 bridgehead atoms. The molecule has 0 saturated heterocycles. The molecular weight excluding hydrogens is 218 g/mol. The number of benzene rings is 2. The van der Waals surface area contributed by atoms with Crippen LogP contribution < -0.4 is 5.32 Å². The van der Waals surface area contributed by atoms with Crippen LogP contribution in [0, 0.1) is 0 Å². The van der Waals surface area contributed by atoms with Crippen LogP contribution in [0.1, 0.15) is 38.2 Å². The predicted molar refractivity (Wildman–Crippen MR) is 81.3 cm³/mol. The Morgan fingerprint density at radius 2 is 1.72 bits per heavy atom. The van der Waals surface area contributed by atoms with Gasteiger partial charge in [-0.15, -0.1) is 0 Å². The molecule has 0 spiro atoms. The summed E-state index contributed by atoms with van der Waals surface area (Å²) in [5.74, 6) is 0. The number of hydrogen-bond donors (Lipinski definition) is 1. The Bertz CT molecular complexity index is 502. The van der Waals surface area contributed by atoms with E-state index in [9.17, 15) is 0 Å². The van der Waals surface area contributed by atoms with Crippen molar-refractivity contribution in [3.8, 4) is 0 Å². The first-order valence-corrected chi connectivity index (χ1v) is 7.04. The highest BCUT2D eigenvalue weighted by atomic mass is 14.8. The SMILES string of the molecule is CCCCCCc1ccc2ccc(NC)cc2c1. The molecule has 1 nitrogen and oxygen atoms in total. The van der Waals surface area contributed by atoms with E-state index in [4.69, 9.17) is 0 Å². The molecule has 0 saturated carbocycles. The third-order valence-electron chi connectivity index (χ3n) is 3.51. The number of fused-ring (bicyclic) bond motifs is 1. The Morgan fingerprint density at radius 1 is 0.889 bits per heavy atom. The van der Waals surface area contributed by atoms with E-state index in [1.165, 1.54) is 54.1 Å². The minimum Gasteiger partial charge on any atom is -0.388 e. The molecular formula is C17H23N. The summed E-state index contributed by atoms with van der Waals surface area (Å²) in [5.41, 5.74) is 2.65. The lowest BCUT2D eigenvalue weighted by Crippen LogP contribution is -1.89. The van der Waals surface area contributed by atoms with Crippen molar-refractivity contribution in [1.82, 2.24) is 0 Å². The minimum atomic E-state index is 1.19. The summed E-state index contributed by atoms with van der Waals surface area (Å²) in [4.78, 5) is 0. The second-order valence-electron chi connectivity index (χ2n) is 4.96. The lowest BCUT2D eigenvalue weighted by molar-refractivity contribution is 0.667. The van der Waals surface area contributed by atoms with Gasteiger partial charge in [-0.05, 0) is 41.3 Å². The van der Waals surface area contributed by atoms with Crippen molar-refractivity contribution in [2.24, 2.45) is 0 Å². The van der Waals surface area contributed by atoms with Gasteiger partial charge in [0.05, 0.1) is 0 Å².